The standard InChI is InChI=1S/C14H15NO3/c1-9-3-4-10(2)12(7-9)15-8-11-5-6-18-13(11)14(16)17/h3-7,15H,8H2,1-2H3,(H,16,17). The van der Waals surface area contributed by atoms with Crippen LogP contribution in [-0.2, 0) is 6.54 Å². The molecule has 2 N–H and O–H groups in total. The van der Waals surface area contributed by atoms with Crippen LogP contribution in [0.25, 0.3) is 0 Å². The first-order chi connectivity index (χ1) is 8.58. The number of carboxylic acid groups (broad SMARTS) is 1. The van der Waals surface area contributed by atoms with Crippen molar-refractivity contribution < 1.29 is 14.3 Å². The summed E-state index contributed by atoms with van der Waals surface area (Å²) in [7, 11) is 0. The predicted molar refractivity (Wildman–Crippen MR) is 68.9 cm³/mol. The highest BCUT2D eigenvalue weighted by Crippen LogP contribution is 2.18. The summed E-state index contributed by atoms with van der Waals surface area (Å²) in [5, 5.41) is 12.2. The molecule has 0 fully saturated rings. The number of hydrogen-bond donors (Lipinski definition) is 2. The zero-order chi connectivity index (χ0) is 13.1. The van der Waals surface area contributed by atoms with Gasteiger partial charge in [-0.25, -0.2) is 4.79 Å². The molecule has 2 rings (SSSR count). The van der Waals surface area contributed by atoms with Gasteiger partial charge >= 0.3 is 5.97 Å². The highest BCUT2D eigenvalue weighted by Gasteiger charge is 2.13. The Labute approximate surface area is 105 Å². The van der Waals surface area contributed by atoms with Gasteiger partial charge in [0.05, 0.1) is 6.26 Å². The summed E-state index contributed by atoms with van der Waals surface area (Å²) in [6.45, 7) is 4.46. The Kier molecular flexibility index (Phi) is 3.37. The molecule has 0 radical (unpaired) electrons. The van der Waals surface area contributed by atoms with E-state index in [2.05, 4.69) is 5.32 Å². The van der Waals surface area contributed by atoms with E-state index in [0.717, 1.165) is 16.8 Å². The third-order valence-electron chi connectivity index (χ3n) is 2.80. The lowest BCUT2D eigenvalue weighted by Crippen LogP contribution is -2.05. The predicted octanol–water partition coefficient (Wildman–Crippen LogP) is 3.21. The van der Waals surface area contributed by atoms with Crippen molar-refractivity contribution in [3.05, 3.63) is 53.0 Å². The molecule has 0 bridgehead atoms. The van der Waals surface area contributed by atoms with Crippen molar-refractivity contribution in [2.45, 2.75) is 20.4 Å². The van der Waals surface area contributed by atoms with E-state index in [1.165, 1.54) is 6.26 Å². The summed E-state index contributed by atoms with van der Waals surface area (Å²) >= 11 is 0. The number of hydrogen-bond acceptors (Lipinski definition) is 3. The Balaban J connectivity index is 2.14. The molecule has 0 spiro atoms. The van der Waals surface area contributed by atoms with Crippen LogP contribution in [0.5, 0.6) is 0 Å². The first kappa shape index (κ1) is 12.2. The van der Waals surface area contributed by atoms with E-state index in [-0.39, 0.29) is 5.76 Å². The van der Waals surface area contributed by atoms with E-state index < -0.39 is 5.97 Å². The van der Waals surface area contributed by atoms with Crippen molar-refractivity contribution in [2.24, 2.45) is 0 Å². The van der Waals surface area contributed by atoms with E-state index in [4.69, 9.17) is 9.52 Å². The highest BCUT2D eigenvalue weighted by atomic mass is 16.4. The van der Waals surface area contributed by atoms with Crippen LogP contribution in [0.1, 0.15) is 27.2 Å². The third-order valence-corrected chi connectivity index (χ3v) is 2.80. The SMILES string of the molecule is Cc1ccc(C)c(NCc2ccoc2C(=O)O)c1. The number of carbonyl (C=O) groups is 1. The summed E-state index contributed by atoms with van der Waals surface area (Å²) in [4.78, 5) is 10.9. The minimum Gasteiger partial charge on any atom is -0.475 e. The monoisotopic (exact) mass is 245 g/mol. The molecule has 1 aromatic carbocycles. The quantitative estimate of drug-likeness (QED) is 0.868. The second kappa shape index (κ2) is 4.96. The second-order valence-corrected chi connectivity index (χ2v) is 4.25. The number of aryl methyl sites for hydroxylation is 2. The normalized spacial score (nSPS) is 10.3. The smallest absolute Gasteiger partial charge is 0.372 e. The second-order valence-electron chi connectivity index (χ2n) is 4.25. The van der Waals surface area contributed by atoms with E-state index in [0.29, 0.717) is 12.1 Å². The number of nitrogens with one attached hydrogen (secondary N) is 1. The molecule has 4 nitrogen and oxygen atoms in total. The molecule has 0 aliphatic rings. The lowest BCUT2D eigenvalue weighted by atomic mass is 10.1. The van der Waals surface area contributed by atoms with Gasteiger partial charge in [0.15, 0.2) is 0 Å². The van der Waals surface area contributed by atoms with Crippen LogP contribution in [0, 0.1) is 13.8 Å². The van der Waals surface area contributed by atoms with Gasteiger partial charge in [0, 0.05) is 17.8 Å². The van der Waals surface area contributed by atoms with Crippen LogP contribution in [0.15, 0.2) is 34.9 Å². The lowest BCUT2D eigenvalue weighted by Gasteiger charge is -2.09. The van der Waals surface area contributed by atoms with E-state index in [1.807, 2.05) is 32.0 Å². The minimum atomic E-state index is -1.04. The molecule has 0 unspecified atom stereocenters. The van der Waals surface area contributed by atoms with Crippen molar-refractivity contribution in [3.63, 3.8) is 0 Å². The average molecular weight is 245 g/mol. The molecule has 1 aromatic heterocycles. The number of benzene rings is 1. The molecule has 1 heterocycles. The summed E-state index contributed by atoms with van der Waals surface area (Å²) in [6.07, 6.45) is 1.39. The van der Waals surface area contributed by atoms with Gasteiger partial charge in [-0.1, -0.05) is 12.1 Å². The molecule has 2 aromatic rings. The Morgan fingerprint density at radius 2 is 2.11 bits per heavy atom. The van der Waals surface area contributed by atoms with E-state index >= 15 is 0 Å². The van der Waals surface area contributed by atoms with Gasteiger partial charge < -0.3 is 14.8 Å². The maximum atomic E-state index is 10.9. The molecule has 0 saturated heterocycles. The maximum absolute atomic E-state index is 10.9. The first-order valence-electron chi connectivity index (χ1n) is 5.68. The van der Waals surface area contributed by atoms with E-state index in [1.54, 1.807) is 6.07 Å². The third kappa shape index (κ3) is 2.53. The Morgan fingerprint density at radius 1 is 1.33 bits per heavy atom. The highest BCUT2D eigenvalue weighted by molar-refractivity contribution is 5.86. The molecule has 18 heavy (non-hydrogen) atoms. The van der Waals surface area contributed by atoms with Crippen LogP contribution in [0.4, 0.5) is 5.69 Å². The van der Waals surface area contributed by atoms with Gasteiger partial charge in [-0.2, -0.15) is 0 Å². The summed E-state index contributed by atoms with van der Waals surface area (Å²) in [5.41, 5.74) is 3.94. The molecular weight excluding hydrogens is 230 g/mol. The summed E-state index contributed by atoms with van der Waals surface area (Å²) < 4.78 is 4.93. The van der Waals surface area contributed by atoms with Gasteiger partial charge in [-0.3, -0.25) is 0 Å². The Morgan fingerprint density at radius 3 is 2.83 bits per heavy atom. The fraction of sp³-hybridized carbons (Fsp3) is 0.214. The van der Waals surface area contributed by atoms with Crippen LogP contribution in [0.3, 0.4) is 0 Å². The molecular formula is C14H15NO3. The van der Waals surface area contributed by atoms with Crippen molar-refractivity contribution in [3.8, 4) is 0 Å². The van der Waals surface area contributed by atoms with Crippen molar-refractivity contribution in [1.29, 1.82) is 0 Å². The Hall–Kier alpha value is -2.23. The van der Waals surface area contributed by atoms with Gasteiger partial charge in [0.2, 0.25) is 5.76 Å². The number of anilines is 1. The maximum Gasteiger partial charge on any atom is 0.372 e. The molecule has 0 aliphatic carbocycles. The fourth-order valence-corrected chi connectivity index (χ4v) is 1.78. The molecule has 4 heteroatoms. The van der Waals surface area contributed by atoms with Crippen molar-refractivity contribution in [2.75, 3.05) is 5.32 Å². The number of furan rings is 1. The van der Waals surface area contributed by atoms with Crippen LogP contribution < -0.4 is 5.32 Å². The number of rotatable bonds is 4. The average Bonchev–Trinajstić information content (AvgIpc) is 2.79. The zero-order valence-electron chi connectivity index (χ0n) is 10.4. The number of carboxylic acids is 1. The fourth-order valence-electron chi connectivity index (χ4n) is 1.78. The Bertz CT molecular complexity index is 572. The molecule has 0 amide bonds. The lowest BCUT2D eigenvalue weighted by molar-refractivity contribution is 0.0661. The molecule has 0 saturated carbocycles. The van der Waals surface area contributed by atoms with Crippen LogP contribution >= 0.6 is 0 Å². The van der Waals surface area contributed by atoms with Gasteiger partial charge in [-0.05, 0) is 37.1 Å². The van der Waals surface area contributed by atoms with Crippen molar-refractivity contribution >= 4 is 11.7 Å². The van der Waals surface area contributed by atoms with Crippen LogP contribution in [-0.4, -0.2) is 11.1 Å². The molecule has 94 valence electrons. The van der Waals surface area contributed by atoms with Crippen LogP contribution in [0.2, 0.25) is 0 Å². The largest absolute Gasteiger partial charge is 0.475 e. The minimum absolute atomic E-state index is 0.00666. The van der Waals surface area contributed by atoms with Gasteiger partial charge in [0.1, 0.15) is 0 Å². The topological polar surface area (TPSA) is 62.5 Å². The van der Waals surface area contributed by atoms with Crippen molar-refractivity contribution in [1.82, 2.24) is 0 Å². The summed E-state index contributed by atoms with van der Waals surface area (Å²) in [6, 6.07) is 7.78. The number of aromatic carboxylic acids is 1. The van der Waals surface area contributed by atoms with Gasteiger partial charge in [0.25, 0.3) is 0 Å². The molecule has 0 atom stereocenters. The first-order valence-corrected chi connectivity index (χ1v) is 5.68. The zero-order valence-corrected chi connectivity index (χ0v) is 10.4. The van der Waals surface area contributed by atoms with Gasteiger partial charge in [-0.15, -0.1) is 0 Å². The molecule has 0 aliphatic heterocycles. The summed E-state index contributed by atoms with van der Waals surface area (Å²) in [5.74, 6) is -1.05. The van der Waals surface area contributed by atoms with E-state index in [9.17, 15) is 4.79 Å².